The first kappa shape index (κ1) is 13.5. The predicted molar refractivity (Wildman–Crippen MR) is 66.9 cm³/mol. The van der Waals surface area contributed by atoms with Gasteiger partial charge in [0.15, 0.2) is 0 Å². The minimum atomic E-state index is -0.543. The van der Waals surface area contributed by atoms with Crippen molar-refractivity contribution in [2.45, 2.75) is 25.5 Å². The van der Waals surface area contributed by atoms with Crippen molar-refractivity contribution in [1.82, 2.24) is 5.32 Å². The normalized spacial score (nSPS) is 22.0. The van der Waals surface area contributed by atoms with E-state index >= 15 is 0 Å². The van der Waals surface area contributed by atoms with E-state index in [0.717, 1.165) is 6.07 Å². The number of benzene rings is 1. The minimum Gasteiger partial charge on any atom is -0.392 e. The van der Waals surface area contributed by atoms with Crippen LogP contribution in [0.1, 0.15) is 17.5 Å². The molecule has 3 N–H and O–H groups in total. The quantitative estimate of drug-likeness (QED) is 0.732. The van der Waals surface area contributed by atoms with Gasteiger partial charge in [-0.1, -0.05) is 0 Å². The maximum absolute atomic E-state index is 13.6. The van der Waals surface area contributed by atoms with Crippen molar-refractivity contribution in [3.8, 4) is 6.07 Å². The Morgan fingerprint density at radius 3 is 2.95 bits per heavy atom. The van der Waals surface area contributed by atoms with E-state index < -0.39 is 18.0 Å². The summed E-state index contributed by atoms with van der Waals surface area (Å²) in [6, 6.07) is 3.90. The first-order chi connectivity index (χ1) is 9.01. The van der Waals surface area contributed by atoms with Crippen molar-refractivity contribution in [2.75, 3.05) is 11.9 Å². The van der Waals surface area contributed by atoms with Crippen molar-refractivity contribution in [1.29, 1.82) is 5.26 Å². The van der Waals surface area contributed by atoms with Crippen molar-refractivity contribution in [3.05, 3.63) is 29.1 Å². The summed E-state index contributed by atoms with van der Waals surface area (Å²) in [6.07, 6.45) is -0.218. The molecule has 5 nitrogen and oxygen atoms in total. The van der Waals surface area contributed by atoms with Gasteiger partial charge in [0.05, 0.1) is 23.8 Å². The second-order valence-corrected chi connectivity index (χ2v) is 4.58. The van der Waals surface area contributed by atoms with E-state index in [1.807, 2.05) is 6.07 Å². The van der Waals surface area contributed by atoms with Gasteiger partial charge in [0.1, 0.15) is 5.82 Å². The molecular weight excluding hydrogens is 249 g/mol. The van der Waals surface area contributed by atoms with Crippen LogP contribution in [0, 0.1) is 24.1 Å². The van der Waals surface area contributed by atoms with Gasteiger partial charge in [0.2, 0.25) is 5.91 Å². The van der Waals surface area contributed by atoms with Gasteiger partial charge in [0.25, 0.3) is 0 Å². The van der Waals surface area contributed by atoms with E-state index in [1.54, 1.807) is 0 Å². The fourth-order valence-electron chi connectivity index (χ4n) is 2.01. The maximum atomic E-state index is 13.6. The Bertz CT molecular complexity index is 554. The molecule has 100 valence electrons. The number of nitriles is 1. The minimum absolute atomic E-state index is 0.151. The summed E-state index contributed by atoms with van der Waals surface area (Å²) in [6.45, 7) is 1.90. The highest BCUT2D eigenvalue weighted by molar-refractivity contribution is 5.95. The molecule has 0 aliphatic carbocycles. The first-order valence-electron chi connectivity index (χ1n) is 5.94. The molecule has 0 bridgehead atoms. The lowest BCUT2D eigenvalue weighted by molar-refractivity contribution is -0.117. The Labute approximate surface area is 110 Å². The summed E-state index contributed by atoms with van der Waals surface area (Å²) in [5.41, 5.74) is 0.716. The Balaban J connectivity index is 2.17. The molecule has 1 aliphatic rings. The molecule has 1 saturated heterocycles. The predicted octanol–water partition coefficient (Wildman–Crippen LogP) is 0.667. The highest BCUT2D eigenvalue weighted by Gasteiger charge is 2.28. The molecule has 1 aromatic carbocycles. The van der Waals surface area contributed by atoms with Crippen LogP contribution >= 0.6 is 0 Å². The molecule has 1 fully saturated rings. The van der Waals surface area contributed by atoms with Gasteiger partial charge in [-0.15, -0.1) is 0 Å². The van der Waals surface area contributed by atoms with Crippen molar-refractivity contribution >= 4 is 11.6 Å². The molecule has 1 aromatic rings. The number of hydrogen-bond acceptors (Lipinski definition) is 4. The first-order valence-corrected chi connectivity index (χ1v) is 5.94. The third-order valence-electron chi connectivity index (χ3n) is 3.16. The van der Waals surface area contributed by atoms with Crippen LogP contribution in [0.2, 0.25) is 0 Å². The average molecular weight is 263 g/mol. The van der Waals surface area contributed by atoms with Gasteiger partial charge in [-0.05, 0) is 25.5 Å². The molecular formula is C13H14FN3O2. The monoisotopic (exact) mass is 263 g/mol. The largest absolute Gasteiger partial charge is 0.392 e. The molecule has 2 unspecified atom stereocenters. The zero-order valence-corrected chi connectivity index (χ0v) is 10.4. The van der Waals surface area contributed by atoms with E-state index in [4.69, 9.17) is 5.26 Å². The lowest BCUT2D eigenvalue weighted by Gasteiger charge is -2.13. The zero-order valence-electron chi connectivity index (χ0n) is 10.4. The van der Waals surface area contributed by atoms with Crippen LogP contribution in [0.3, 0.4) is 0 Å². The van der Waals surface area contributed by atoms with Crippen LogP contribution in [0.25, 0.3) is 0 Å². The molecule has 2 atom stereocenters. The number of carbonyl (C=O) groups is 1. The third-order valence-corrected chi connectivity index (χ3v) is 3.16. The summed E-state index contributed by atoms with van der Waals surface area (Å²) in [5.74, 6) is -0.872. The van der Waals surface area contributed by atoms with E-state index in [-0.39, 0.29) is 22.7 Å². The number of carbonyl (C=O) groups excluding carboxylic acids is 1. The summed E-state index contributed by atoms with van der Waals surface area (Å²) in [4.78, 5) is 11.9. The maximum Gasteiger partial charge on any atom is 0.241 e. The smallest absolute Gasteiger partial charge is 0.241 e. The van der Waals surface area contributed by atoms with Gasteiger partial charge in [-0.3, -0.25) is 4.79 Å². The number of anilines is 1. The molecule has 0 saturated carbocycles. The fraction of sp³-hybridized carbons (Fsp3) is 0.385. The van der Waals surface area contributed by atoms with Crippen LogP contribution < -0.4 is 10.6 Å². The topological polar surface area (TPSA) is 85.2 Å². The number of aliphatic hydroxyl groups is 1. The molecule has 1 heterocycles. The molecule has 0 radical (unpaired) electrons. The van der Waals surface area contributed by atoms with Crippen molar-refractivity contribution in [3.63, 3.8) is 0 Å². The van der Waals surface area contributed by atoms with E-state index in [1.165, 1.54) is 13.0 Å². The summed E-state index contributed by atoms with van der Waals surface area (Å²) >= 11 is 0. The zero-order chi connectivity index (χ0) is 14.0. The second kappa shape index (κ2) is 5.34. The van der Waals surface area contributed by atoms with Crippen LogP contribution in [0.5, 0.6) is 0 Å². The summed E-state index contributed by atoms with van der Waals surface area (Å²) < 4.78 is 13.6. The number of halogens is 1. The number of aliphatic hydroxyl groups excluding tert-OH is 1. The standard InChI is InChI=1S/C13H14FN3O2/c1-7-10(14)2-8(5-15)3-11(7)17-13(19)12-4-9(18)6-16-12/h2-3,9,12,16,18H,4,6H2,1H3,(H,17,19). The Morgan fingerprint density at radius 1 is 1.63 bits per heavy atom. The highest BCUT2D eigenvalue weighted by Crippen LogP contribution is 2.21. The molecule has 6 heteroatoms. The molecule has 2 rings (SSSR count). The second-order valence-electron chi connectivity index (χ2n) is 4.58. The van der Waals surface area contributed by atoms with Crippen molar-refractivity contribution < 1.29 is 14.3 Å². The highest BCUT2D eigenvalue weighted by atomic mass is 19.1. The third kappa shape index (κ3) is 2.89. The lowest BCUT2D eigenvalue weighted by Crippen LogP contribution is -2.35. The van der Waals surface area contributed by atoms with E-state index in [0.29, 0.717) is 13.0 Å². The number of nitrogens with zero attached hydrogens (tertiary/aromatic N) is 1. The Kier molecular flexibility index (Phi) is 3.79. The molecule has 1 aliphatic heterocycles. The molecule has 19 heavy (non-hydrogen) atoms. The SMILES string of the molecule is Cc1c(F)cc(C#N)cc1NC(=O)C1CC(O)CN1. The van der Waals surface area contributed by atoms with Gasteiger partial charge in [-0.2, -0.15) is 5.26 Å². The lowest BCUT2D eigenvalue weighted by atomic mass is 10.1. The van der Waals surface area contributed by atoms with Crippen LogP contribution in [-0.2, 0) is 4.79 Å². The number of β-amino-alcohol motifs (C(OH)–C–C–N with tert-alkyl or cyclic N) is 1. The summed E-state index contributed by atoms with van der Waals surface area (Å²) in [7, 11) is 0. The molecule has 0 aromatic heterocycles. The average Bonchev–Trinajstić information content (AvgIpc) is 2.81. The number of amides is 1. The summed E-state index contributed by atoms with van der Waals surface area (Å²) in [5, 5.41) is 23.6. The van der Waals surface area contributed by atoms with E-state index in [2.05, 4.69) is 10.6 Å². The van der Waals surface area contributed by atoms with Crippen LogP contribution in [0.4, 0.5) is 10.1 Å². The van der Waals surface area contributed by atoms with Gasteiger partial charge >= 0.3 is 0 Å². The van der Waals surface area contributed by atoms with Gasteiger partial charge in [-0.25, -0.2) is 4.39 Å². The van der Waals surface area contributed by atoms with Crippen molar-refractivity contribution in [2.24, 2.45) is 0 Å². The fourth-order valence-corrected chi connectivity index (χ4v) is 2.01. The Morgan fingerprint density at radius 2 is 2.37 bits per heavy atom. The number of nitrogens with one attached hydrogen (secondary N) is 2. The Hall–Kier alpha value is -1.97. The number of rotatable bonds is 2. The van der Waals surface area contributed by atoms with Crippen LogP contribution in [-0.4, -0.2) is 29.7 Å². The van der Waals surface area contributed by atoms with E-state index in [9.17, 15) is 14.3 Å². The molecule has 1 amide bonds. The van der Waals surface area contributed by atoms with Crippen LogP contribution in [0.15, 0.2) is 12.1 Å². The number of hydrogen-bond donors (Lipinski definition) is 3. The van der Waals surface area contributed by atoms with Gasteiger partial charge in [0, 0.05) is 17.8 Å². The molecule has 0 spiro atoms. The van der Waals surface area contributed by atoms with Gasteiger partial charge < -0.3 is 15.7 Å².